The molecule has 1 aromatic heterocycles. The van der Waals surface area contributed by atoms with Gasteiger partial charge < -0.3 is 14.8 Å². The van der Waals surface area contributed by atoms with E-state index in [0.29, 0.717) is 0 Å². The average Bonchev–Trinajstić information content (AvgIpc) is 2.17. The van der Waals surface area contributed by atoms with Crippen molar-refractivity contribution in [3.63, 3.8) is 0 Å². The molecule has 0 unspecified atom stereocenters. The largest absolute Gasteiger partial charge is 0.489 e. The van der Waals surface area contributed by atoms with Gasteiger partial charge in [-0.2, -0.15) is 0 Å². The molecule has 0 spiro atoms. The molecule has 88 valence electrons. The van der Waals surface area contributed by atoms with E-state index in [1.54, 1.807) is 0 Å². The van der Waals surface area contributed by atoms with E-state index in [1.807, 2.05) is 0 Å². The zero-order chi connectivity index (χ0) is 12.3. The van der Waals surface area contributed by atoms with Crippen molar-refractivity contribution < 1.29 is 14.6 Å². The maximum absolute atomic E-state index is 11.3. The normalized spacial score (nSPS) is 11.2. The Labute approximate surface area is 96.0 Å². The molecule has 7 heteroatoms. The standard InChI is InChI=1S/C9H12N2O4S/c1-9(2,8(13)14)16-7-5(15-3)6(12)10-4-11-7/h4H,1-3H3,(H,13,14)(H,10,11,12). The van der Waals surface area contributed by atoms with Crippen LogP contribution in [0, 0.1) is 0 Å². The highest BCUT2D eigenvalue weighted by molar-refractivity contribution is 8.01. The lowest BCUT2D eigenvalue weighted by molar-refractivity contribution is -0.138. The minimum absolute atomic E-state index is 0.0295. The van der Waals surface area contributed by atoms with Gasteiger partial charge in [0.1, 0.15) is 9.77 Å². The van der Waals surface area contributed by atoms with Crippen LogP contribution in [0.2, 0.25) is 0 Å². The quantitative estimate of drug-likeness (QED) is 0.599. The second-order valence-electron chi connectivity index (χ2n) is 3.49. The van der Waals surface area contributed by atoms with E-state index in [-0.39, 0.29) is 10.8 Å². The number of carboxylic acid groups (broad SMARTS) is 1. The second-order valence-corrected chi connectivity index (χ2v) is 5.10. The lowest BCUT2D eigenvalue weighted by atomic mass is 10.2. The molecule has 0 atom stereocenters. The highest BCUT2D eigenvalue weighted by Gasteiger charge is 2.31. The molecule has 0 aliphatic carbocycles. The fourth-order valence-corrected chi connectivity index (χ4v) is 1.85. The van der Waals surface area contributed by atoms with Crippen LogP contribution in [-0.2, 0) is 4.79 Å². The lowest BCUT2D eigenvalue weighted by Gasteiger charge is -2.18. The zero-order valence-corrected chi connectivity index (χ0v) is 9.92. The Kier molecular flexibility index (Phi) is 3.58. The first-order valence-corrected chi connectivity index (χ1v) is 5.24. The number of carboxylic acids is 1. The van der Waals surface area contributed by atoms with Gasteiger partial charge in [-0.15, -0.1) is 0 Å². The number of hydrogen-bond donors (Lipinski definition) is 2. The van der Waals surface area contributed by atoms with Crippen LogP contribution in [0.15, 0.2) is 16.1 Å². The Morgan fingerprint density at radius 2 is 2.25 bits per heavy atom. The third kappa shape index (κ3) is 2.54. The summed E-state index contributed by atoms with van der Waals surface area (Å²) in [6, 6.07) is 0. The van der Waals surface area contributed by atoms with Gasteiger partial charge in [-0.3, -0.25) is 9.59 Å². The summed E-state index contributed by atoms with van der Waals surface area (Å²) >= 11 is 0.964. The van der Waals surface area contributed by atoms with Gasteiger partial charge in [0, 0.05) is 0 Å². The number of aliphatic carboxylic acids is 1. The molecular weight excluding hydrogens is 232 g/mol. The van der Waals surface area contributed by atoms with Crippen molar-refractivity contribution in [2.24, 2.45) is 0 Å². The Balaban J connectivity index is 3.11. The highest BCUT2D eigenvalue weighted by Crippen LogP contribution is 2.34. The van der Waals surface area contributed by atoms with Crippen LogP contribution in [0.4, 0.5) is 0 Å². The maximum Gasteiger partial charge on any atom is 0.319 e. The van der Waals surface area contributed by atoms with Crippen molar-refractivity contribution in [3.8, 4) is 5.75 Å². The van der Waals surface area contributed by atoms with Gasteiger partial charge >= 0.3 is 5.97 Å². The molecule has 0 saturated carbocycles. The first kappa shape index (κ1) is 12.6. The molecule has 0 aromatic carbocycles. The van der Waals surface area contributed by atoms with Crippen molar-refractivity contribution in [1.82, 2.24) is 9.97 Å². The van der Waals surface area contributed by atoms with Gasteiger partial charge in [-0.05, 0) is 13.8 Å². The van der Waals surface area contributed by atoms with Gasteiger partial charge in [-0.1, -0.05) is 11.8 Å². The van der Waals surface area contributed by atoms with Gasteiger partial charge in [0.2, 0.25) is 5.75 Å². The van der Waals surface area contributed by atoms with Crippen molar-refractivity contribution in [2.75, 3.05) is 7.11 Å². The third-order valence-electron chi connectivity index (χ3n) is 1.85. The van der Waals surface area contributed by atoms with Crippen LogP contribution >= 0.6 is 11.8 Å². The number of thioether (sulfide) groups is 1. The van der Waals surface area contributed by atoms with Crippen molar-refractivity contribution in [3.05, 3.63) is 16.7 Å². The molecule has 1 rings (SSSR count). The van der Waals surface area contributed by atoms with E-state index in [1.165, 1.54) is 27.3 Å². The minimum atomic E-state index is -1.08. The predicted octanol–water partition coefficient (Wildman–Crippen LogP) is 0.734. The van der Waals surface area contributed by atoms with Crippen LogP contribution in [0.5, 0.6) is 5.75 Å². The molecule has 0 radical (unpaired) electrons. The second kappa shape index (κ2) is 4.56. The smallest absolute Gasteiger partial charge is 0.319 e. The van der Waals surface area contributed by atoms with Crippen molar-refractivity contribution >= 4 is 17.7 Å². The number of hydrogen-bond acceptors (Lipinski definition) is 5. The van der Waals surface area contributed by atoms with E-state index in [9.17, 15) is 9.59 Å². The summed E-state index contributed by atoms with van der Waals surface area (Å²) in [4.78, 5) is 28.5. The summed E-state index contributed by atoms with van der Waals surface area (Å²) < 4.78 is 3.81. The first-order chi connectivity index (χ1) is 7.38. The SMILES string of the molecule is COc1c(SC(C)(C)C(=O)O)nc[nH]c1=O. The molecule has 16 heavy (non-hydrogen) atoms. The van der Waals surface area contributed by atoms with Crippen LogP contribution in [0.1, 0.15) is 13.8 Å². The summed E-state index contributed by atoms with van der Waals surface area (Å²) in [5.41, 5.74) is -0.429. The zero-order valence-electron chi connectivity index (χ0n) is 9.10. The number of rotatable bonds is 4. The number of methoxy groups -OCH3 is 1. The van der Waals surface area contributed by atoms with E-state index < -0.39 is 16.3 Å². The van der Waals surface area contributed by atoms with Gasteiger partial charge in [0.15, 0.2) is 0 Å². The maximum atomic E-state index is 11.3. The Hall–Kier alpha value is -1.50. The van der Waals surface area contributed by atoms with Crippen LogP contribution in [0.25, 0.3) is 0 Å². The molecule has 0 fully saturated rings. The molecular formula is C9H12N2O4S. The summed E-state index contributed by atoms with van der Waals surface area (Å²) in [5.74, 6) is -0.955. The van der Waals surface area contributed by atoms with Crippen LogP contribution in [-0.4, -0.2) is 32.9 Å². The number of aromatic amines is 1. The minimum Gasteiger partial charge on any atom is -0.489 e. The molecule has 1 aromatic rings. The molecule has 6 nitrogen and oxygen atoms in total. The van der Waals surface area contributed by atoms with Crippen molar-refractivity contribution in [2.45, 2.75) is 23.6 Å². The molecule has 0 saturated heterocycles. The van der Waals surface area contributed by atoms with E-state index >= 15 is 0 Å². The Bertz CT molecular complexity index is 455. The number of ether oxygens (including phenoxy) is 1. The van der Waals surface area contributed by atoms with E-state index in [4.69, 9.17) is 9.84 Å². The Morgan fingerprint density at radius 1 is 1.62 bits per heavy atom. The Morgan fingerprint density at radius 3 is 2.75 bits per heavy atom. The molecule has 2 N–H and O–H groups in total. The number of carbonyl (C=O) groups is 1. The summed E-state index contributed by atoms with van der Waals surface area (Å²) in [6.45, 7) is 3.06. The molecule has 0 aliphatic heterocycles. The summed E-state index contributed by atoms with van der Waals surface area (Å²) in [7, 11) is 1.34. The fraction of sp³-hybridized carbons (Fsp3) is 0.444. The van der Waals surface area contributed by atoms with Gasteiger partial charge in [-0.25, -0.2) is 4.98 Å². The van der Waals surface area contributed by atoms with Gasteiger partial charge in [0.25, 0.3) is 5.56 Å². The van der Waals surface area contributed by atoms with Gasteiger partial charge in [0.05, 0.1) is 13.4 Å². The highest BCUT2D eigenvalue weighted by atomic mass is 32.2. The fourth-order valence-electron chi connectivity index (χ4n) is 0.909. The third-order valence-corrected chi connectivity index (χ3v) is 3.02. The molecule has 0 aliphatic rings. The van der Waals surface area contributed by atoms with E-state index in [2.05, 4.69) is 9.97 Å². The van der Waals surface area contributed by atoms with Crippen LogP contribution in [0.3, 0.4) is 0 Å². The lowest BCUT2D eigenvalue weighted by Crippen LogP contribution is -2.27. The summed E-state index contributed by atoms with van der Waals surface area (Å²) in [5, 5.41) is 9.22. The monoisotopic (exact) mass is 244 g/mol. The number of nitrogens with zero attached hydrogens (tertiary/aromatic N) is 1. The topological polar surface area (TPSA) is 92.3 Å². The molecule has 0 amide bonds. The molecule has 0 bridgehead atoms. The number of H-pyrrole nitrogens is 1. The summed E-state index contributed by atoms with van der Waals surface area (Å²) in [6.07, 6.45) is 1.21. The predicted molar refractivity (Wildman–Crippen MR) is 59.0 cm³/mol. The van der Waals surface area contributed by atoms with E-state index in [0.717, 1.165) is 11.8 Å². The first-order valence-electron chi connectivity index (χ1n) is 4.42. The number of nitrogens with one attached hydrogen (secondary N) is 1. The van der Waals surface area contributed by atoms with Crippen molar-refractivity contribution in [1.29, 1.82) is 0 Å². The van der Waals surface area contributed by atoms with Crippen LogP contribution < -0.4 is 10.3 Å². The molecule has 1 heterocycles. The number of aromatic nitrogens is 2. The average molecular weight is 244 g/mol.